The van der Waals surface area contributed by atoms with E-state index in [1.165, 1.54) is 20.3 Å². The van der Waals surface area contributed by atoms with Crippen LogP contribution >= 0.6 is 0 Å². The molecule has 0 bridgehead atoms. The maximum Gasteiger partial charge on any atom is 0.255 e. The van der Waals surface area contributed by atoms with Gasteiger partial charge in [0.1, 0.15) is 28.7 Å². The molecule has 0 spiro atoms. The van der Waals surface area contributed by atoms with Crippen molar-refractivity contribution in [1.29, 1.82) is 0 Å². The third kappa shape index (κ3) is 6.98. The number of hydrogen-bond donors (Lipinski definition) is 3. The van der Waals surface area contributed by atoms with Gasteiger partial charge in [-0.3, -0.25) is 4.79 Å². The van der Waals surface area contributed by atoms with Gasteiger partial charge >= 0.3 is 0 Å². The molecule has 4 rings (SSSR count). The smallest absolute Gasteiger partial charge is 0.255 e. The van der Waals surface area contributed by atoms with E-state index in [0.717, 1.165) is 23.9 Å². The van der Waals surface area contributed by atoms with Crippen molar-refractivity contribution in [2.24, 2.45) is 0 Å². The molecule has 0 saturated carbocycles. The Morgan fingerprint density at radius 2 is 1.62 bits per heavy atom. The number of benzene rings is 4. The van der Waals surface area contributed by atoms with Crippen LogP contribution in [0.5, 0.6) is 11.5 Å². The molecule has 7 nitrogen and oxygen atoms in total. The van der Waals surface area contributed by atoms with Crippen molar-refractivity contribution < 1.29 is 27.6 Å². The molecule has 4 aromatic carbocycles. The highest BCUT2D eigenvalue weighted by atomic mass is 32.2. The number of anilines is 2. The van der Waals surface area contributed by atoms with Gasteiger partial charge in [-0.15, -0.1) is 0 Å². The van der Waals surface area contributed by atoms with Crippen LogP contribution in [-0.2, 0) is 11.4 Å². The van der Waals surface area contributed by atoms with E-state index in [9.17, 15) is 18.1 Å². The van der Waals surface area contributed by atoms with Crippen molar-refractivity contribution in [3.63, 3.8) is 0 Å². The summed E-state index contributed by atoms with van der Waals surface area (Å²) in [5.41, 5.74) is 2.17. The number of rotatable bonds is 11. The number of carbonyl (C=O) groups excluding carboxylic acids is 1. The molecule has 39 heavy (non-hydrogen) atoms. The highest BCUT2D eigenvalue weighted by Gasteiger charge is 2.21. The fourth-order valence-corrected chi connectivity index (χ4v) is 4.89. The Kier molecular flexibility index (Phi) is 9.24. The number of ether oxygens (including phenoxy) is 2. The Hall–Kier alpha value is -4.28. The quantitative estimate of drug-likeness (QED) is 0.165. The second-order valence-electron chi connectivity index (χ2n) is 8.32. The standard InChI is InChI=1S/C29H27F2N3O4S/c1-37-26-9-4-3-8-23(26)29(35)33-15-14-32-21-6-5-7-22(18-21)34-39(36)28-16-19(10-13-27(28)38-2)24-17-20(30)11-12-25(24)31/h3-13,16-18,32,34H,14-15H2,1-2H3,(H,33,35). The molecule has 0 aliphatic rings. The van der Waals surface area contributed by atoms with E-state index < -0.39 is 23.0 Å². The lowest BCUT2D eigenvalue weighted by Gasteiger charge is -2.16. The summed E-state index contributed by atoms with van der Waals surface area (Å²) in [7, 11) is 2.95. The van der Waals surface area contributed by atoms with E-state index in [2.05, 4.69) is 15.4 Å². The van der Waals surface area contributed by atoms with Crippen LogP contribution < -0.4 is 24.8 Å². The number of methoxy groups -OCH3 is 2. The highest BCUT2D eigenvalue weighted by Crippen LogP contribution is 2.33. The molecule has 0 aliphatic carbocycles. The van der Waals surface area contributed by atoms with Gasteiger partial charge in [-0.05, 0) is 60.2 Å². The Labute approximate surface area is 228 Å². The second-order valence-corrected chi connectivity index (χ2v) is 9.51. The van der Waals surface area contributed by atoms with Gasteiger partial charge in [-0.25, -0.2) is 13.5 Å². The molecule has 1 amide bonds. The van der Waals surface area contributed by atoms with Crippen LogP contribution in [0.3, 0.4) is 0 Å². The van der Waals surface area contributed by atoms with Gasteiger partial charge in [0.25, 0.3) is 5.91 Å². The Morgan fingerprint density at radius 3 is 2.41 bits per heavy atom. The van der Waals surface area contributed by atoms with Gasteiger partial charge < -0.3 is 24.7 Å². The predicted octanol–water partition coefficient (Wildman–Crippen LogP) is 5.63. The summed E-state index contributed by atoms with van der Waals surface area (Å²) in [5, 5.41) is 6.05. The van der Waals surface area contributed by atoms with Crippen LogP contribution in [0.15, 0.2) is 89.8 Å². The zero-order chi connectivity index (χ0) is 27.8. The maximum absolute atomic E-state index is 14.3. The van der Waals surface area contributed by atoms with Crippen molar-refractivity contribution in [2.75, 3.05) is 37.3 Å². The molecule has 1 unspecified atom stereocenters. The second kappa shape index (κ2) is 13.0. The van der Waals surface area contributed by atoms with Gasteiger partial charge in [0.2, 0.25) is 4.90 Å². The SMILES string of the molecule is COc1ccccc1C(=O)NCCNc1cccc(N[S+]([O-])c2cc(-c3cc(F)ccc3F)ccc2OC)c1. The number of amides is 1. The lowest BCUT2D eigenvalue weighted by Crippen LogP contribution is -2.29. The molecule has 0 aromatic heterocycles. The lowest BCUT2D eigenvalue weighted by atomic mass is 10.0. The molecule has 0 saturated heterocycles. The highest BCUT2D eigenvalue weighted by molar-refractivity contribution is 7.92. The van der Waals surface area contributed by atoms with Gasteiger partial charge in [0, 0.05) is 30.4 Å². The zero-order valence-corrected chi connectivity index (χ0v) is 22.1. The fourth-order valence-electron chi connectivity index (χ4n) is 3.87. The van der Waals surface area contributed by atoms with Gasteiger partial charge in [-0.1, -0.05) is 24.3 Å². The molecule has 10 heteroatoms. The molecule has 4 aromatic rings. The molecule has 3 N–H and O–H groups in total. The molecule has 202 valence electrons. The number of nitrogens with one attached hydrogen (secondary N) is 3. The predicted molar refractivity (Wildman–Crippen MR) is 149 cm³/mol. The minimum atomic E-state index is -1.78. The van der Waals surface area contributed by atoms with Crippen molar-refractivity contribution in [1.82, 2.24) is 5.32 Å². The average molecular weight is 552 g/mol. The van der Waals surface area contributed by atoms with E-state index in [4.69, 9.17) is 9.47 Å². The summed E-state index contributed by atoms with van der Waals surface area (Å²) in [5.74, 6) is -0.579. The topological polar surface area (TPSA) is 94.7 Å². The van der Waals surface area contributed by atoms with Crippen LogP contribution in [0.1, 0.15) is 10.4 Å². The van der Waals surface area contributed by atoms with Crippen molar-refractivity contribution >= 4 is 28.6 Å². The monoisotopic (exact) mass is 551 g/mol. The largest absolute Gasteiger partial charge is 0.588 e. The number of halogens is 2. The van der Waals surface area contributed by atoms with E-state index in [1.54, 1.807) is 54.6 Å². The third-order valence-corrected chi connectivity index (χ3v) is 6.91. The van der Waals surface area contributed by atoms with Crippen LogP contribution in [0.4, 0.5) is 20.2 Å². The minimum absolute atomic E-state index is 0.0555. The van der Waals surface area contributed by atoms with Gasteiger partial charge in [-0.2, -0.15) is 0 Å². The Bertz CT molecular complexity index is 1450. The zero-order valence-electron chi connectivity index (χ0n) is 21.3. The van der Waals surface area contributed by atoms with Crippen LogP contribution in [0, 0.1) is 11.6 Å². The van der Waals surface area contributed by atoms with E-state index in [1.807, 2.05) is 6.07 Å². The summed E-state index contributed by atoms with van der Waals surface area (Å²) in [6, 6.07) is 21.9. The molecule has 0 radical (unpaired) electrons. The summed E-state index contributed by atoms with van der Waals surface area (Å²) in [6.07, 6.45) is 0. The summed E-state index contributed by atoms with van der Waals surface area (Å²) >= 11 is -1.78. The first-order valence-electron chi connectivity index (χ1n) is 12.0. The molecule has 0 fully saturated rings. The van der Waals surface area contributed by atoms with Crippen molar-refractivity contribution in [3.8, 4) is 22.6 Å². The minimum Gasteiger partial charge on any atom is -0.588 e. The van der Waals surface area contributed by atoms with E-state index in [-0.39, 0.29) is 16.4 Å². The number of para-hydroxylation sites is 1. The fraction of sp³-hybridized carbons (Fsp3) is 0.138. The van der Waals surface area contributed by atoms with Crippen LogP contribution in [0.2, 0.25) is 0 Å². The van der Waals surface area contributed by atoms with E-state index >= 15 is 0 Å². The molecular formula is C29H27F2N3O4S. The van der Waals surface area contributed by atoms with E-state index in [0.29, 0.717) is 41.4 Å². The Balaban J connectivity index is 1.39. The third-order valence-electron chi connectivity index (χ3n) is 5.77. The van der Waals surface area contributed by atoms with Gasteiger partial charge in [0.05, 0.1) is 25.5 Å². The molecule has 0 heterocycles. The molecular weight excluding hydrogens is 524 g/mol. The molecule has 0 aliphatic heterocycles. The van der Waals surface area contributed by atoms with Crippen LogP contribution in [-0.4, -0.2) is 37.8 Å². The van der Waals surface area contributed by atoms with Gasteiger partial charge in [0.15, 0.2) is 5.75 Å². The van der Waals surface area contributed by atoms with Crippen molar-refractivity contribution in [2.45, 2.75) is 4.90 Å². The summed E-state index contributed by atoms with van der Waals surface area (Å²) in [4.78, 5) is 12.7. The maximum atomic E-state index is 14.3. The first kappa shape index (κ1) is 27.7. The Morgan fingerprint density at radius 1 is 0.846 bits per heavy atom. The first-order valence-corrected chi connectivity index (χ1v) is 13.1. The number of hydrogen-bond acceptors (Lipinski definition) is 6. The lowest BCUT2D eigenvalue weighted by molar-refractivity contribution is 0.0952. The normalized spacial score (nSPS) is 11.4. The van der Waals surface area contributed by atoms with Crippen LogP contribution in [0.25, 0.3) is 11.1 Å². The van der Waals surface area contributed by atoms with Crippen molar-refractivity contribution in [3.05, 3.63) is 102 Å². The summed E-state index contributed by atoms with van der Waals surface area (Å²) in [6.45, 7) is 0.809. The molecule has 1 atom stereocenters. The average Bonchev–Trinajstić information content (AvgIpc) is 2.96. The summed E-state index contributed by atoms with van der Waals surface area (Å²) < 4.78 is 54.8. The first-order chi connectivity index (χ1) is 18.9. The number of carbonyl (C=O) groups is 1.